The second kappa shape index (κ2) is 21.6. The molecule has 3 aliphatic carbocycles. The van der Waals surface area contributed by atoms with E-state index in [4.69, 9.17) is 45.3 Å². The number of pyridine rings is 3. The number of carbonyl (C=O) groups excluding carboxylic acids is 3. The van der Waals surface area contributed by atoms with Gasteiger partial charge in [-0.25, -0.2) is 4.98 Å². The third-order valence-corrected chi connectivity index (χ3v) is 14.6. The average molecular weight is 1060 g/mol. The van der Waals surface area contributed by atoms with Gasteiger partial charge in [-0.15, -0.1) is 0 Å². The summed E-state index contributed by atoms with van der Waals surface area (Å²) in [6.07, 6.45) is 12.3. The summed E-state index contributed by atoms with van der Waals surface area (Å²) in [5, 5.41) is -0.157. The second-order valence-corrected chi connectivity index (χ2v) is 22.9. The topological polar surface area (TPSA) is 171 Å². The molecule has 6 aliphatic rings. The highest BCUT2D eigenvalue weighted by Gasteiger charge is 2.63. The van der Waals surface area contributed by atoms with E-state index in [0.717, 1.165) is 64.3 Å². The Morgan fingerprint density at radius 3 is 1.23 bits per heavy atom. The molecular formula is C47H66B3Br2ClN4O9. The number of nitrogens with two attached hydrogens (primary N) is 1. The summed E-state index contributed by atoms with van der Waals surface area (Å²) in [4.78, 5) is 45.5. The van der Waals surface area contributed by atoms with Crippen LogP contribution in [0.5, 0.6) is 0 Å². The first-order valence-corrected chi connectivity index (χ1v) is 24.7. The van der Waals surface area contributed by atoms with Gasteiger partial charge >= 0.3 is 21.1 Å². The van der Waals surface area contributed by atoms with Crippen molar-refractivity contribution in [3.05, 3.63) is 75.3 Å². The first-order valence-electron chi connectivity index (χ1n) is 22.8. The van der Waals surface area contributed by atoms with Crippen LogP contribution in [-0.4, -0.2) is 86.5 Å². The molecule has 19 heteroatoms. The van der Waals surface area contributed by atoms with Crippen LogP contribution in [0.4, 0.5) is 5.82 Å². The maximum absolute atomic E-state index is 11.9. The minimum Gasteiger partial charge on any atom is -0.405 e. The van der Waals surface area contributed by atoms with E-state index in [1.165, 1.54) is 0 Å². The van der Waals surface area contributed by atoms with Crippen molar-refractivity contribution in [2.24, 2.45) is 17.8 Å². The van der Waals surface area contributed by atoms with Gasteiger partial charge in [0.2, 0.25) is 5.24 Å². The zero-order valence-electron chi connectivity index (χ0n) is 40.5. The van der Waals surface area contributed by atoms with Gasteiger partial charge in [-0.2, -0.15) is 0 Å². The molecule has 9 rings (SSSR count). The molecule has 6 fully saturated rings. The lowest BCUT2D eigenvalue weighted by molar-refractivity contribution is -0.120. The fourth-order valence-corrected chi connectivity index (χ4v) is 7.41. The van der Waals surface area contributed by atoms with Crippen molar-refractivity contribution in [1.29, 1.82) is 0 Å². The zero-order chi connectivity index (χ0) is 49.0. The maximum atomic E-state index is 11.9. The predicted octanol–water partition coefficient (Wildman–Crippen LogP) is 9.11. The molecule has 2 N–H and O–H groups in total. The molecular weight excluding hydrogens is 992 g/mol. The number of nitrogen functional groups attached to an aromatic ring is 1. The normalized spacial score (nSPS) is 22.3. The van der Waals surface area contributed by atoms with Crippen LogP contribution < -0.4 is 11.2 Å². The lowest BCUT2D eigenvalue weighted by Gasteiger charge is -2.32. The molecule has 0 atom stereocenters. The Bertz CT molecular complexity index is 2090. The first kappa shape index (κ1) is 54.4. The van der Waals surface area contributed by atoms with Gasteiger partial charge in [0, 0.05) is 69.5 Å². The van der Waals surface area contributed by atoms with Crippen molar-refractivity contribution in [3.8, 4) is 0 Å². The SMILES string of the molecule is CC1(C)OB(B2OC(C)(C)C(C)(C)O2)OC1(C)C.CC1(C)OB(c2ccnc(CC(=O)C3CC3)c2)OC1(C)C.Nc1cc(Br)ccn1.O=C(Cc1cc(Br)ccn1)C1CC1.O=C(Cl)C1CC1. The standard InChI is InChI=1S/C16H22BNO3.C12H24B2O4.C10H10BrNO.C5H5BrN2.C4H5ClO/c1-15(2)16(3,4)21-17(20-15)12-7-8-18-13(9-12)10-14(19)11-5-6-11;1-9(2)10(3,4)16-13(15-9)14-17-11(5,6)12(7,8)18-14;11-8-3-4-12-9(5-8)6-10(13)7-1-2-7;6-4-1-2-8-5(7)3-4;5-4(6)3-1-2-3/h7-9,11H,5-6,10H2,1-4H3;1-8H3;3-5,7H,1-2,6H2;1-3H,(H2,7,8);3H,1-2H2. The molecule has 3 saturated carbocycles. The zero-order valence-corrected chi connectivity index (χ0v) is 44.5. The van der Waals surface area contributed by atoms with Crippen LogP contribution in [0.25, 0.3) is 0 Å². The molecule has 66 heavy (non-hydrogen) atoms. The monoisotopic (exact) mass is 1060 g/mol. The van der Waals surface area contributed by atoms with Crippen LogP contribution in [0.15, 0.2) is 63.9 Å². The smallest absolute Gasteiger partial charge is 0.405 e. The summed E-state index contributed by atoms with van der Waals surface area (Å²) in [6, 6.07) is 11.2. The number of hydrogen-bond donors (Lipinski definition) is 1. The summed E-state index contributed by atoms with van der Waals surface area (Å²) in [6.45, 7) is 24.3. The summed E-state index contributed by atoms with van der Waals surface area (Å²) in [5.74, 6) is 2.01. The van der Waals surface area contributed by atoms with E-state index < -0.39 is 21.1 Å². The molecule has 3 aromatic rings. The fourth-order valence-electron chi connectivity index (χ4n) is 6.45. The number of aromatic nitrogens is 3. The molecule has 13 nitrogen and oxygen atoms in total. The number of halogens is 3. The Balaban J connectivity index is 0.000000164. The van der Waals surface area contributed by atoms with Crippen molar-refractivity contribution in [2.45, 2.75) is 168 Å². The number of rotatable bonds is 9. The van der Waals surface area contributed by atoms with Crippen molar-refractivity contribution < 1.29 is 42.3 Å². The highest BCUT2D eigenvalue weighted by Crippen LogP contribution is 2.43. The Hall–Kier alpha value is -2.54. The highest BCUT2D eigenvalue weighted by molar-refractivity contribution is 9.10. The van der Waals surface area contributed by atoms with E-state index in [0.29, 0.717) is 36.1 Å². The Kier molecular flexibility index (Phi) is 17.8. The van der Waals surface area contributed by atoms with Gasteiger partial charge in [0.15, 0.2) is 0 Å². The second-order valence-electron chi connectivity index (χ2n) is 20.7. The fraction of sp³-hybridized carbons (Fsp3) is 0.617. The molecule has 3 aliphatic heterocycles. The third kappa shape index (κ3) is 15.2. The van der Waals surface area contributed by atoms with E-state index in [2.05, 4.69) is 46.8 Å². The number of hydrogen-bond acceptors (Lipinski definition) is 13. The number of Topliss-reactive ketones (excluding diaryl/α,β-unsaturated/α-hetero) is 2. The van der Waals surface area contributed by atoms with E-state index >= 15 is 0 Å². The van der Waals surface area contributed by atoms with E-state index in [1.54, 1.807) is 24.7 Å². The Labute approximate surface area is 414 Å². The van der Waals surface area contributed by atoms with Crippen molar-refractivity contribution in [2.75, 3.05) is 5.73 Å². The average Bonchev–Trinajstić information content (AvgIpc) is 4.06. The Morgan fingerprint density at radius 1 is 0.561 bits per heavy atom. The molecule has 6 heterocycles. The van der Waals surface area contributed by atoms with Crippen molar-refractivity contribution in [1.82, 2.24) is 15.0 Å². The van der Waals surface area contributed by atoms with Gasteiger partial charge in [0.25, 0.3) is 0 Å². The van der Waals surface area contributed by atoms with Crippen LogP contribution >= 0.6 is 43.5 Å². The van der Waals surface area contributed by atoms with Crippen LogP contribution in [0, 0.1) is 17.8 Å². The van der Waals surface area contributed by atoms with E-state index in [1.807, 2.05) is 113 Å². The number of carbonyl (C=O) groups is 3. The highest BCUT2D eigenvalue weighted by atomic mass is 79.9. The summed E-state index contributed by atoms with van der Waals surface area (Å²) < 4.78 is 37.9. The number of anilines is 1. The Morgan fingerprint density at radius 2 is 0.909 bits per heavy atom. The van der Waals surface area contributed by atoms with Gasteiger partial charge in [-0.05, 0) is 175 Å². The predicted molar refractivity (Wildman–Crippen MR) is 267 cm³/mol. The van der Waals surface area contributed by atoms with Crippen LogP contribution in [0.1, 0.15) is 133 Å². The van der Waals surface area contributed by atoms with Gasteiger partial charge < -0.3 is 33.7 Å². The lowest BCUT2D eigenvalue weighted by Crippen LogP contribution is -2.41. The van der Waals surface area contributed by atoms with Gasteiger partial charge in [0.05, 0.1) is 33.6 Å². The van der Waals surface area contributed by atoms with Crippen LogP contribution in [-0.2, 0) is 55.2 Å². The summed E-state index contributed by atoms with van der Waals surface area (Å²) in [5.41, 5.74) is 5.77. The molecule has 0 aromatic carbocycles. The first-order chi connectivity index (χ1) is 30.5. The van der Waals surface area contributed by atoms with Gasteiger partial charge in [0.1, 0.15) is 17.4 Å². The molecule has 0 spiro atoms. The van der Waals surface area contributed by atoms with Crippen LogP contribution in [0.2, 0.25) is 0 Å². The van der Waals surface area contributed by atoms with Gasteiger partial charge in [-0.3, -0.25) is 24.4 Å². The molecule has 0 bridgehead atoms. The molecule has 0 amide bonds. The van der Waals surface area contributed by atoms with E-state index in [9.17, 15) is 14.4 Å². The molecule has 3 saturated heterocycles. The largest absolute Gasteiger partial charge is 0.494 e. The quantitative estimate of drug-likeness (QED) is 0.159. The van der Waals surface area contributed by atoms with E-state index in [-0.39, 0.29) is 50.7 Å². The lowest BCUT2D eigenvalue weighted by atomic mass is 9.49. The summed E-state index contributed by atoms with van der Waals surface area (Å²) in [7, 11) is -1.35. The van der Waals surface area contributed by atoms with Crippen molar-refractivity contribution in [3.63, 3.8) is 0 Å². The van der Waals surface area contributed by atoms with Crippen molar-refractivity contribution >= 4 is 92.7 Å². The molecule has 3 aromatic heterocycles. The van der Waals surface area contributed by atoms with Gasteiger partial charge in [-0.1, -0.05) is 31.9 Å². The minimum atomic E-state index is -0.476. The molecule has 0 radical (unpaired) electrons. The molecule has 0 unspecified atom stereocenters. The summed E-state index contributed by atoms with van der Waals surface area (Å²) >= 11 is 11.6. The minimum absolute atomic E-state index is 0.157. The third-order valence-electron chi connectivity index (χ3n) is 13.3. The number of ketones is 2. The number of nitrogens with zero attached hydrogens (tertiary/aromatic N) is 3. The maximum Gasteiger partial charge on any atom is 0.494 e. The van der Waals surface area contributed by atoms with Crippen LogP contribution in [0.3, 0.4) is 0 Å². The molecule has 358 valence electrons.